The predicted octanol–water partition coefficient (Wildman–Crippen LogP) is 2.11. The van der Waals surface area contributed by atoms with Gasteiger partial charge in [-0.3, -0.25) is 0 Å². The predicted molar refractivity (Wildman–Crippen MR) is 65.7 cm³/mol. The number of aliphatic hydroxyl groups is 1. The van der Waals surface area contributed by atoms with Crippen LogP contribution in [0.1, 0.15) is 16.9 Å². The van der Waals surface area contributed by atoms with Crippen LogP contribution < -0.4 is 4.90 Å². The number of pyridine rings is 1. The van der Waals surface area contributed by atoms with E-state index in [1.807, 2.05) is 37.1 Å². The standard InChI is InChI=1S/C13H16N2O2/c1-10-6-11(9-16)7-14-13(10)15(2)8-12-4-3-5-17-12/h3-7,16H,8-9H2,1-2H3. The van der Waals surface area contributed by atoms with Crippen molar-refractivity contribution < 1.29 is 9.52 Å². The maximum absolute atomic E-state index is 9.03. The SMILES string of the molecule is Cc1cc(CO)cnc1N(C)Cc1ccco1. The first-order valence-corrected chi connectivity index (χ1v) is 5.50. The Balaban J connectivity index is 2.16. The minimum absolute atomic E-state index is 0.0238. The fraction of sp³-hybridized carbons (Fsp3) is 0.308. The molecule has 4 nitrogen and oxygen atoms in total. The molecule has 0 radical (unpaired) electrons. The molecule has 0 unspecified atom stereocenters. The number of hydrogen-bond acceptors (Lipinski definition) is 4. The highest BCUT2D eigenvalue weighted by Crippen LogP contribution is 2.18. The summed E-state index contributed by atoms with van der Waals surface area (Å²) in [4.78, 5) is 6.38. The Hall–Kier alpha value is -1.81. The zero-order valence-electron chi connectivity index (χ0n) is 10.1. The van der Waals surface area contributed by atoms with Gasteiger partial charge in [0.15, 0.2) is 0 Å². The quantitative estimate of drug-likeness (QED) is 0.877. The van der Waals surface area contributed by atoms with Crippen LogP contribution in [0.4, 0.5) is 5.82 Å². The molecule has 0 aliphatic rings. The number of aliphatic hydroxyl groups excluding tert-OH is 1. The van der Waals surface area contributed by atoms with Crippen LogP contribution in [-0.2, 0) is 13.2 Å². The summed E-state index contributed by atoms with van der Waals surface area (Å²) in [6.07, 6.45) is 3.36. The van der Waals surface area contributed by atoms with Crippen molar-refractivity contribution in [2.75, 3.05) is 11.9 Å². The average molecular weight is 232 g/mol. The molecule has 2 aromatic heterocycles. The molecule has 2 rings (SSSR count). The molecule has 0 aliphatic carbocycles. The Morgan fingerprint density at radius 1 is 1.47 bits per heavy atom. The Bertz CT molecular complexity index is 480. The zero-order valence-corrected chi connectivity index (χ0v) is 10.1. The van der Waals surface area contributed by atoms with Gasteiger partial charge < -0.3 is 14.4 Å². The first-order chi connectivity index (χ1) is 8.20. The number of furan rings is 1. The third-order valence-electron chi connectivity index (χ3n) is 2.62. The van der Waals surface area contributed by atoms with Crippen molar-refractivity contribution >= 4 is 5.82 Å². The van der Waals surface area contributed by atoms with E-state index in [-0.39, 0.29) is 6.61 Å². The van der Waals surface area contributed by atoms with Gasteiger partial charge in [0.25, 0.3) is 0 Å². The van der Waals surface area contributed by atoms with Crippen molar-refractivity contribution in [2.24, 2.45) is 0 Å². The molecule has 0 bridgehead atoms. The van der Waals surface area contributed by atoms with Crippen LogP contribution in [0.3, 0.4) is 0 Å². The molecular weight excluding hydrogens is 216 g/mol. The lowest BCUT2D eigenvalue weighted by Gasteiger charge is -2.19. The number of hydrogen-bond donors (Lipinski definition) is 1. The lowest BCUT2D eigenvalue weighted by atomic mass is 10.2. The van der Waals surface area contributed by atoms with Gasteiger partial charge in [-0.2, -0.15) is 0 Å². The van der Waals surface area contributed by atoms with Gasteiger partial charge in [-0.1, -0.05) is 0 Å². The van der Waals surface area contributed by atoms with Crippen molar-refractivity contribution in [3.63, 3.8) is 0 Å². The van der Waals surface area contributed by atoms with Crippen LogP contribution in [0, 0.1) is 6.92 Å². The summed E-state index contributed by atoms with van der Waals surface area (Å²) in [6, 6.07) is 5.76. The minimum Gasteiger partial charge on any atom is -0.467 e. The second-order valence-electron chi connectivity index (χ2n) is 4.08. The van der Waals surface area contributed by atoms with E-state index >= 15 is 0 Å². The summed E-state index contributed by atoms with van der Waals surface area (Å²) in [5, 5.41) is 9.03. The number of anilines is 1. The second-order valence-corrected chi connectivity index (χ2v) is 4.08. The molecule has 0 aromatic carbocycles. The van der Waals surface area contributed by atoms with E-state index in [0.29, 0.717) is 6.54 Å². The monoisotopic (exact) mass is 232 g/mol. The molecule has 0 atom stereocenters. The summed E-state index contributed by atoms with van der Waals surface area (Å²) in [6.45, 7) is 2.69. The number of nitrogens with zero attached hydrogens (tertiary/aromatic N) is 2. The Labute approximate surface area is 101 Å². The van der Waals surface area contributed by atoms with Gasteiger partial charge in [0.2, 0.25) is 0 Å². The van der Waals surface area contributed by atoms with Crippen LogP contribution in [-0.4, -0.2) is 17.1 Å². The third kappa shape index (κ3) is 2.65. The van der Waals surface area contributed by atoms with Gasteiger partial charge in [0.05, 0.1) is 19.4 Å². The average Bonchev–Trinajstić information content (AvgIpc) is 2.81. The topological polar surface area (TPSA) is 49.5 Å². The zero-order chi connectivity index (χ0) is 12.3. The third-order valence-corrected chi connectivity index (χ3v) is 2.62. The van der Waals surface area contributed by atoms with Crippen molar-refractivity contribution in [1.29, 1.82) is 0 Å². The van der Waals surface area contributed by atoms with E-state index in [1.54, 1.807) is 12.5 Å². The number of aryl methyl sites for hydroxylation is 1. The maximum Gasteiger partial charge on any atom is 0.131 e. The second kappa shape index (κ2) is 5.01. The maximum atomic E-state index is 9.03. The van der Waals surface area contributed by atoms with E-state index in [4.69, 9.17) is 9.52 Å². The van der Waals surface area contributed by atoms with Crippen molar-refractivity contribution in [1.82, 2.24) is 4.98 Å². The molecule has 0 saturated carbocycles. The van der Waals surface area contributed by atoms with E-state index in [2.05, 4.69) is 4.98 Å². The Kier molecular flexibility index (Phi) is 3.44. The van der Waals surface area contributed by atoms with Crippen LogP contribution in [0.15, 0.2) is 35.1 Å². The highest BCUT2D eigenvalue weighted by molar-refractivity contribution is 5.46. The molecule has 1 N–H and O–H groups in total. The first-order valence-electron chi connectivity index (χ1n) is 5.50. The molecular formula is C13H16N2O2. The molecule has 0 fully saturated rings. The Morgan fingerprint density at radius 3 is 2.88 bits per heavy atom. The fourth-order valence-electron chi connectivity index (χ4n) is 1.82. The van der Waals surface area contributed by atoms with E-state index in [1.165, 1.54) is 0 Å². The van der Waals surface area contributed by atoms with Crippen molar-refractivity contribution in [3.8, 4) is 0 Å². The molecule has 4 heteroatoms. The van der Waals surface area contributed by atoms with Gasteiger partial charge in [-0.05, 0) is 36.2 Å². The van der Waals surface area contributed by atoms with E-state index in [0.717, 1.165) is 22.7 Å². The lowest BCUT2D eigenvalue weighted by molar-refractivity contribution is 0.281. The first kappa shape index (κ1) is 11.7. The van der Waals surface area contributed by atoms with Gasteiger partial charge in [-0.25, -0.2) is 4.98 Å². The van der Waals surface area contributed by atoms with Crippen molar-refractivity contribution in [3.05, 3.63) is 47.5 Å². The molecule has 90 valence electrons. The summed E-state index contributed by atoms with van der Waals surface area (Å²) < 4.78 is 5.30. The van der Waals surface area contributed by atoms with E-state index < -0.39 is 0 Å². The van der Waals surface area contributed by atoms with Gasteiger partial charge in [0, 0.05) is 13.2 Å². The molecule has 0 spiro atoms. The fourth-order valence-corrected chi connectivity index (χ4v) is 1.82. The Morgan fingerprint density at radius 2 is 2.29 bits per heavy atom. The molecule has 17 heavy (non-hydrogen) atoms. The number of aromatic nitrogens is 1. The van der Waals surface area contributed by atoms with E-state index in [9.17, 15) is 0 Å². The molecule has 0 amide bonds. The smallest absolute Gasteiger partial charge is 0.131 e. The van der Waals surface area contributed by atoms with Crippen molar-refractivity contribution in [2.45, 2.75) is 20.1 Å². The number of rotatable bonds is 4. The minimum atomic E-state index is 0.0238. The summed E-state index contributed by atoms with van der Waals surface area (Å²) >= 11 is 0. The molecule has 2 aromatic rings. The van der Waals surface area contributed by atoms with Crippen LogP contribution in [0.5, 0.6) is 0 Å². The van der Waals surface area contributed by atoms with Crippen LogP contribution in [0.25, 0.3) is 0 Å². The summed E-state index contributed by atoms with van der Waals surface area (Å²) in [5.74, 6) is 1.80. The molecule has 2 heterocycles. The highest BCUT2D eigenvalue weighted by Gasteiger charge is 2.08. The van der Waals surface area contributed by atoms with Gasteiger partial charge in [-0.15, -0.1) is 0 Å². The van der Waals surface area contributed by atoms with Crippen LogP contribution >= 0.6 is 0 Å². The molecule has 0 saturated heterocycles. The van der Waals surface area contributed by atoms with Gasteiger partial charge in [0.1, 0.15) is 11.6 Å². The summed E-state index contributed by atoms with van der Waals surface area (Å²) in [5.41, 5.74) is 1.88. The van der Waals surface area contributed by atoms with Crippen LogP contribution in [0.2, 0.25) is 0 Å². The van der Waals surface area contributed by atoms with Gasteiger partial charge >= 0.3 is 0 Å². The summed E-state index contributed by atoms with van der Waals surface area (Å²) in [7, 11) is 1.97. The lowest BCUT2D eigenvalue weighted by Crippen LogP contribution is -2.18. The highest BCUT2D eigenvalue weighted by atomic mass is 16.3. The largest absolute Gasteiger partial charge is 0.467 e. The normalized spacial score (nSPS) is 10.5. The molecule has 0 aliphatic heterocycles.